The molecule has 0 saturated carbocycles. The van der Waals surface area contributed by atoms with Crippen molar-refractivity contribution in [3.05, 3.63) is 35.9 Å². The Balaban J connectivity index is 2.00. The molecule has 7 nitrogen and oxygen atoms in total. The first-order chi connectivity index (χ1) is 10.7. The van der Waals surface area contributed by atoms with Crippen LogP contribution in [-0.2, 0) is 6.54 Å². The summed E-state index contributed by atoms with van der Waals surface area (Å²) in [6.07, 6.45) is 8.58. The van der Waals surface area contributed by atoms with E-state index >= 15 is 0 Å². The highest BCUT2D eigenvalue weighted by molar-refractivity contribution is 6.11. The predicted octanol–water partition coefficient (Wildman–Crippen LogP) is 1.78. The molecule has 0 aromatic carbocycles. The van der Waals surface area contributed by atoms with Gasteiger partial charge in [-0.25, -0.2) is 4.68 Å². The molecule has 1 unspecified atom stereocenters. The Bertz CT molecular complexity index is 694. The minimum atomic E-state index is 0.105. The van der Waals surface area contributed by atoms with Crippen LogP contribution in [0, 0.1) is 0 Å². The highest BCUT2D eigenvalue weighted by Crippen LogP contribution is 2.22. The lowest BCUT2D eigenvalue weighted by atomic mass is 10.1. The normalized spacial score (nSPS) is 18.4. The third kappa shape index (κ3) is 2.54. The van der Waals surface area contributed by atoms with Crippen molar-refractivity contribution in [1.82, 2.24) is 24.6 Å². The molecule has 3 rings (SSSR count). The van der Waals surface area contributed by atoms with Crippen molar-refractivity contribution in [2.24, 2.45) is 10.1 Å². The molecule has 3 heterocycles. The van der Waals surface area contributed by atoms with E-state index in [1.807, 2.05) is 59.2 Å². The standard InChI is InChI=1S/C15H21N7/c1-4-16-15(12-10-19-21(5-2)11-12)13-6-8-18-22(13)14-7-9-17-20(14)3/h6,8-11,14H,4-5,7H2,1-3H3. The van der Waals surface area contributed by atoms with E-state index < -0.39 is 0 Å². The van der Waals surface area contributed by atoms with Crippen LogP contribution >= 0.6 is 0 Å². The minimum Gasteiger partial charge on any atom is -0.283 e. The molecule has 22 heavy (non-hydrogen) atoms. The number of aliphatic imine (C=N–C) groups is 1. The van der Waals surface area contributed by atoms with Gasteiger partial charge in [0.1, 0.15) is 6.17 Å². The number of rotatable bonds is 5. The summed E-state index contributed by atoms with van der Waals surface area (Å²) in [7, 11) is 1.96. The molecular formula is C15H21N7. The van der Waals surface area contributed by atoms with Crippen molar-refractivity contribution >= 4 is 11.9 Å². The van der Waals surface area contributed by atoms with E-state index in [2.05, 4.69) is 27.2 Å². The van der Waals surface area contributed by atoms with Crippen LogP contribution in [0.2, 0.25) is 0 Å². The summed E-state index contributed by atoms with van der Waals surface area (Å²) < 4.78 is 3.90. The van der Waals surface area contributed by atoms with Gasteiger partial charge in [0.05, 0.1) is 17.6 Å². The summed E-state index contributed by atoms with van der Waals surface area (Å²) in [5, 5.41) is 15.1. The van der Waals surface area contributed by atoms with Crippen molar-refractivity contribution < 1.29 is 0 Å². The SMILES string of the molecule is CCN=C(c1cnn(CC)c1)c1ccnn1C1CC=NN1C. The van der Waals surface area contributed by atoms with Gasteiger partial charge in [0.2, 0.25) is 0 Å². The molecule has 2 aromatic heterocycles. The van der Waals surface area contributed by atoms with Crippen LogP contribution in [0.25, 0.3) is 0 Å². The molecule has 1 aliphatic heterocycles. The van der Waals surface area contributed by atoms with E-state index in [1.165, 1.54) is 0 Å². The zero-order valence-electron chi connectivity index (χ0n) is 13.2. The average Bonchev–Trinajstić information content (AvgIpc) is 3.24. The molecule has 0 amide bonds. The second-order valence-electron chi connectivity index (χ2n) is 5.16. The Hall–Kier alpha value is -2.44. The number of hydrogen-bond acceptors (Lipinski definition) is 5. The van der Waals surface area contributed by atoms with E-state index in [-0.39, 0.29) is 6.17 Å². The lowest BCUT2D eigenvalue weighted by molar-refractivity contribution is 0.197. The first-order valence-corrected chi connectivity index (χ1v) is 7.61. The molecule has 0 bridgehead atoms. The molecule has 7 heteroatoms. The van der Waals surface area contributed by atoms with Gasteiger partial charge in [0, 0.05) is 50.7 Å². The van der Waals surface area contributed by atoms with Gasteiger partial charge in [-0.3, -0.25) is 14.7 Å². The molecule has 0 aliphatic carbocycles. The smallest absolute Gasteiger partial charge is 0.144 e. The monoisotopic (exact) mass is 299 g/mol. The van der Waals surface area contributed by atoms with E-state index in [1.54, 1.807) is 0 Å². The average molecular weight is 299 g/mol. The molecule has 1 aliphatic rings. The summed E-state index contributed by atoms with van der Waals surface area (Å²) in [5.41, 5.74) is 2.95. The van der Waals surface area contributed by atoms with E-state index in [4.69, 9.17) is 0 Å². The Morgan fingerprint density at radius 2 is 2.23 bits per heavy atom. The van der Waals surface area contributed by atoms with Gasteiger partial charge in [-0.15, -0.1) is 0 Å². The summed E-state index contributed by atoms with van der Waals surface area (Å²) in [4.78, 5) is 4.68. The summed E-state index contributed by atoms with van der Waals surface area (Å²) in [6.45, 7) is 5.67. The number of aryl methyl sites for hydroxylation is 1. The Labute approximate surface area is 130 Å². The van der Waals surface area contributed by atoms with Crippen molar-refractivity contribution in [2.45, 2.75) is 33.0 Å². The van der Waals surface area contributed by atoms with Gasteiger partial charge in [-0.05, 0) is 19.9 Å². The van der Waals surface area contributed by atoms with Gasteiger partial charge in [0.15, 0.2) is 0 Å². The molecule has 116 valence electrons. The Morgan fingerprint density at radius 3 is 2.86 bits per heavy atom. The fraction of sp³-hybridized carbons (Fsp3) is 0.467. The molecule has 0 spiro atoms. The fourth-order valence-electron chi connectivity index (χ4n) is 2.63. The van der Waals surface area contributed by atoms with Crippen molar-refractivity contribution in [3.63, 3.8) is 0 Å². The van der Waals surface area contributed by atoms with Crippen LogP contribution in [0.4, 0.5) is 0 Å². The van der Waals surface area contributed by atoms with Crippen LogP contribution in [0.15, 0.2) is 34.8 Å². The Kier molecular flexibility index (Phi) is 4.04. The number of hydrogen-bond donors (Lipinski definition) is 0. The maximum Gasteiger partial charge on any atom is 0.144 e. The van der Waals surface area contributed by atoms with Gasteiger partial charge in [-0.1, -0.05) is 0 Å². The first-order valence-electron chi connectivity index (χ1n) is 7.61. The first kappa shape index (κ1) is 14.5. The summed E-state index contributed by atoms with van der Waals surface area (Å²) in [6, 6.07) is 2.00. The fourth-order valence-corrected chi connectivity index (χ4v) is 2.63. The predicted molar refractivity (Wildman–Crippen MR) is 86.2 cm³/mol. The van der Waals surface area contributed by atoms with Gasteiger partial charge in [0.25, 0.3) is 0 Å². The Morgan fingerprint density at radius 1 is 1.36 bits per heavy atom. The van der Waals surface area contributed by atoms with Crippen LogP contribution in [-0.4, -0.2) is 50.1 Å². The van der Waals surface area contributed by atoms with Gasteiger partial charge in [-0.2, -0.15) is 15.3 Å². The number of nitrogens with zero attached hydrogens (tertiary/aromatic N) is 7. The van der Waals surface area contributed by atoms with E-state index in [9.17, 15) is 0 Å². The number of hydrazone groups is 1. The van der Waals surface area contributed by atoms with Crippen LogP contribution in [0.5, 0.6) is 0 Å². The summed E-state index contributed by atoms with van der Waals surface area (Å²) in [5.74, 6) is 0. The van der Waals surface area contributed by atoms with Crippen LogP contribution in [0.1, 0.15) is 37.7 Å². The van der Waals surface area contributed by atoms with E-state index in [0.717, 1.165) is 36.5 Å². The molecule has 0 radical (unpaired) electrons. The lowest BCUT2D eigenvalue weighted by Crippen LogP contribution is -2.25. The van der Waals surface area contributed by atoms with Crippen molar-refractivity contribution in [2.75, 3.05) is 13.6 Å². The highest BCUT2D eigenvalue weighted by atomic mass is 15.6. The highest BCUT2D eigenvalue weighted by Gasteiger charge is 2.24. The maximum atomic E-state index is 4.68. The van der Waals surface area contributed by atoms with Crippen LogP contribution < -0.4 is 0 Å². The second-order valence-corrected chi connectivity index (χ2v) is 5.16. The molecule has 1 atom stereocenters. The summed E-state index contributed by atoms with van der Waals surface area (Å²) >= 11 is 0. The molecule has 2 aromatic rings. The zero-order chi connectivity index (χ0) is 15.5. The molecular weight excluding hydrogens is 278 g/mol. The van der Waals surface area contributed by atoms with Gasteiger partial charge < -0.3 is 0 Å². The third-order valence-corrected chi connectivity index (χ3v) is 3.75. The largest absolute Gasteiger partial charge is 0.283 e. The maximum absolute atomic E-state index is 4.68. The molecule has 0 saturated heterocycles. The number of aromatic nitrogens is 4. The molecule has 0 fully saturated rings. The van der Waals surface area contributed by atoms with Crippen LogP contribution in [0.3, 0.4) is 0 Å². The van der Waals surface area contributed by atoms with E-state index in [0.29, 0.717) is 0 Å². The second kappa shape index (κ2) is 6.13. The third-order valence-electron chi connectivity index (χ3n) is 3.75. The quantitative estimate of drug-likeness (QED) is 0.791. The van der Waals surface area contributed by atoms with Gasteiger partial charge >= 0.3 is 0 Å². The zero-order valence-corrected chi connectivity index (χ0v) is 13.2. The van der Waals surface area contributed by atoms with Crippen molar-refractivity contribution in [1.29, 1.82) is 0 Å². The topological polar surface area (TPSA) is 63.6 Å². The lowest BCUT2D eigenvalue weighted by Gasteiger charge is -2.21. The minimum absolute atomic E-state index is 0.105. The molecule has 0 N–H and O–H groups in total. The van der Waals surface area contributed by atoms with Crippen molar-refractivity contribution in [3.8, 4) is 0 Å².